The number of anilines is 2. The van der Waals surface area contributed by atoms with E-state index in [1.54, 1.807) is 18.2 Å². The smallest absolute Gasteiger partial charge is 0.255 e. The van der Waals surface area contributed by atoms with Gasteiger partial charge in [-0.25, -0.2) is 0 Å². The van der Waals surface area contributed by atoms with Gasteiger partial charge in [-0.2, -0.15) is 0 Å². The molecule has 0 saturated carbocycles. The summed E-state index contributed by atoms with van der Waals surface area (Å²) in [5, 5.41) is 21.9. The number of benzene rings is 2. The standard InChI is InChI=1S/C19H22N2O3/c1-13-12-17(23)6-7-18(13)20-19(24)14-2-4-15(5-3-14)21-10-8-16(22)9-11-21/h2-7,12,16,22-23H,8-11H2,1H3,(H,20,24). The number of aliphatic hydroxyl groups excluding tert-OH is 1. The van der Waals surface area contributed by atoms with Gasteiger partial charge in [0.1, 0.15) is 5.75 Å². The lowest BCUT2D eigenvalue weighted by Gasteiger charge is -2.31. The van der Waals surface area contributed by atoms with E-state index in [2.05, 4.69) is 10.2 Å². The van der Waals surface area contributed by atoms with Crippen molar-refractivity contribution in [2.45, 2.75) is 25.9 Å². The number of aliphatic hydroxyl groups is 1. The van der Waals surface area contributed by atoms with Gasteiger partial charge in [0, 0.05) is 30.0 Å². The molecule has 0 aromatic heterocycles. The van der Waals surface area contributed by atoms with Crippen molar-refractivity contribution in [2.75, 3.05) is 23.3 Å². The molecule has 24 heavy (non-hydrogen) atoms. The molecule has 1 aliphatic heterocycles. The largest absolute Gasteiger partial charge is 0.508 e. The first kappa shape index (κ1) is 16.3. The number of hydrogen-bond donors (Lipinski definition) is 3. The molecule has 1 fully saturated rings. The van der Waals surface area contributed by atoms with Gasteiger partial charge in [0.05, 0.1) is 6.10 Å². The van der Waals surface area contributed by atoms with Crippen LogP contribution in [-0.2, 0) is 0 Å². The van der Waals surface area contributed by atoms with Crippen molar-refractivity contribution in [1.82, 2.24) is 0 Å². The molecule has 126 valence electrons. The number of carbonyl (C=O) groups excluding carboxylic acids is 1. The monoisotopic (exact) mass is 326 g/mol. The maximum absolute atomic E-state index is 12.4. The Bertz CT molecular complexity index is 720. The molecule has 0 aliphatic carbocycles. The number of nitrogens with one attached hydrogen (secondary N) is 1. The highest BCUT2D eigenvalue weighted by molar-refractivity contribution is 6.04. The third kappa shape index (κ3) is 3.68. The van der Waals surface area contributed by atoms with Crippen LogP contribution in [0.4, 0.5) is 11.4 Å². The number of phenols is 1. The van der Waals surface area contributed by atoms with Crippen LogP contribution in [-0.4, -0.2) is 35.3 Å². The first-order chi connectivity index (χ1) is 11.5. The molecule has 0 unspecified atom stereocenters. The third-order valence-corrected chi connectivity index (χ3v) is 4.42. The number of nitrogens with zero attached hydrogens (tertiary/aromatic N) is 1. The van der Waals surface area contributed by atoms with Crippen LogP contribution in [0.5, 0.6) is 5.75 Å². The minimum atomic E-state index is -0.195. The van der Waals surface area contributed by atoms with Gasteiger partial charge in [-0.05, 0) is 67.8 Å². The van der Waals surface area contributed by atoms with Gasteiger partial charge in [0.2, 0.25) is 0 Å². The van der Waals surface area contributed by atoms with E-state index in [1.165, 1.54) is 0 Å². The van der Waals surface area contributed by atoms with Crippen molar-refractivity contribution >= 4 is 17.3 Å². The Morgan fingerprint density at radius 1 is 1.12 bits per heavy atom. The first-order valence-corrected chi connectivity index (χ1v) is 8.17. The Morgan fingerprint density at radius 3 is 2.42 bits per heavy atom. The van der Waals surface area contributed by atoms with Crippen molar-refractivity contribution in [1.29, 1.82) is 0 Å². The van der Waals surface area contributed by atoms with E-state index in [4.69, 9.17) is 0 Å². The van der Waals surface area contributed by atoms with Crippen LogP contribution < -0.4 is 10.2 Å². The van der Waals surface area contributed by atoms with Crippen molar-refractivity contribution in [3.63, 3.8) is 0 Å². The van der Waals surface area contributed by atoms with Crippen LogP contribution in [0.25, 0.3) is 0 Å². The summed E-state index contributed by atoms with van der Waals surface area (Å²) in [6.07, 6.45) is 1.37. The molecule has 3 N–H and O–H groups in total. The summed E-state index contributed by atoms with van der Waals surface area (Å²) >= 11 is 0. The van der Waals surface area contributed by atoms with Crippen LogP contribution >= 0.6 is 0 Å². The number of amides is 1. The molecule has 0 spiro atoms. The minimum absolute atomic E-state index is 0.176. The van der Waals surface area contributed by atoms with Gasteiger partial charge in [-0.15, -0.1) is 0 Å². The predicted octanol–water partition coefficient (Wildman–Crippen LogP) is 2.91. The minimum Gasteiger partial charge on any atom is -0.508 e. The van der Waals surface area contributed by atoms with Crippen molar-refractivity contribution in [3.05, 3.63) is 53.6 Å². The van der Waals surface area contributed by atoms with Crippen molar-refractivity contribution < 1.29 is 15.0 Å². The topological polar surface area (TPSA) is 72.8 Å². The second kappa shape index (κ2) is 6.93. The number of aromatic hydroxyl groups is 1. The van der Waals surface area contributed by atoms with E-state index in [0.717, 1.165) is 37.2 Å². The lowest BCUT2D eigenvalue weighted by molar-refractivity contribution is 0.102. The summed E-state index contributed by atoms with van der Waals surface area (Å²) < 4.78 is 0. The SMILES string of the molecule is Cc1cc(O)ccc1NC(=O)c1ccc(N2CCC(O)CC2)cc1. The highest BCUT2D eigenvalue weighted by Gasteiger charge is 2.17. The molecule has 2 aromatic carbocycles. The van der Waals surface area contributed by atoms with Crippen LogP contribution in [0.3, 0.4) is 0 Å². The lowest BCUT2D eigenvalue weighted by atomic mass is 10.1. The number of hydrogen-bond acceptors (Lipinski definition) is 4. The second-order valence-corrected chi connectivity index (χ2v) is 6.22. The quantitative estimate of drug-likeness (QED) is 0.758. The normalized spacial score (nSPS) is 15.3. The van der Waals surface area contributed by atoms with Gasteiger partial charge >= 0.3 is 0 Å². The van der Waals surface area contributed by atoms with Gasteiger partial charge in [0.15, 0.2) is 0 Å². The summed E-state index contributed by atoms with van der Waals surface area (Å²) in [5.74, 6) is 0.00547. The fourth-order valence-corrected chi connectivity index (χ4v) is 2.93. The molecule has 5 nitrogen and oxygen atoms in total. The Morgan fingerprint density at radius 2 is 1.79 bits per heavy atom. The molecule has 1 aliphatic rings. The third-order valence-electron chi connectivity index (χ3n) is 4.42. The van der Waals surface area contributed by atoms with Crippen LogP contribution in [0.2, 0.25) is 0 Å². The lowest BCUT2D eigenvalue weighted by Crippen LogP contribution is -2.35. The zero-order valence-corrected chi connectivity index (χ0v) is 13.7. The maximum atomic E-state index is 12.4. The fourth-order valence-electron chi connectivity index (χ4n) is 2.93. The number of piperidine rings is 1. The van der Waals surface area contributed by atoms with E-state index in [1.807, 2.05) is 31.2 Å². The Kier molecular flexibility index (Phi) is 4.71. The van der Waals surface area contributed by atoms with Crippen LogP contribution in [0.15, 0.2) is 42.5 Å². The second-order valence-electron chi connectivity index (χ2n) is 6.22. The molecular weight excluding hydrogens is 304 g/mol. The molecule has 2 aromatic rings. The van der Waals surface area contributed by atoms with E-state index in [0.29, 0.717) is 11.3 Å². The maximum Gasteiger partial charge on any atom is 0.255 e. The van der Waals surface area contributed by atoms with Crippen LogP contribution in [0, 0.1) is 6.92 Å². The van der Waals surface area contributed by atoms with E-state index in [-0.39, 0.29) is 17.8 Å². The number of rotatable bonds is 3. The van der Waals surface area contributed by atoms with Gasteiger partial charge in [-0.1, -0.05) is 0 Å². The predicted molar refractivity (Wildman–Crippen MR) is 94.7 cm³/mol. The highest BCUT2D eigenvalue weighted by Crippen LogP contribution is 2.23. The van der Waals surface area contributed by atoms with E-state index >= 15 is 0 Å². The van der Waals surface area contributed by atoms with Crippen LogP contribution in [0.1, 0.15) is 28.8 Å². The number of aryl methyl sites for hydroxylation is 1. The number of carbonyl (C=O) groups is 1. The van der Waals surface area contributed by atoms with Crippen molar-refractivity contribution in [2.24, 2.45) is 0 Å². The van der Waals surface area contributed by atoms with Gasteiger partial charge in [0.25, 0.3) is 5.91 Å². The Labute approximate surface area is 141 Å². The molecule has 0 radical (unpaired) electrons. The summed E-state index contributed by atoms with van der Waals surface area (Å²) in [7, 11) is 0. The molecule has 0 atom stereocenters. The average Bonchev–Trinajstić information content (AvgIpc) is 2.58. The zero-order valence-electron chi connectivity index (χ0n) is 13.7. The van der Waals surface area contributed by atoms with Crippen molar-refractivity contribution in [3.8, 4) is 5.75 Å². The van der Waals surface area contributed by atoms with E-state index < -0.39 is 0 Å². The fraction of sp³-hybridized carbons (Fsp3) is 0.316. The molecule has 1 amide bonds. The molecular formula is C19H22N2O3. The molecule has 5 heteroatoms. The highest BCUT2D eigenvalue weighted by atomic mass is 16.3. The molecule has 3 rings (SSSR count). The number of phenolic OH excluding ortho intramolecular Hbond substituents is 1. The molecule has 0 bridgehead atoms. The van der Waals surface area contributed by atoms with Gasteiger partial charge < -0.3 is 20.4 Å². The summed E-state index contributed by atoms with van der Waals surface area (Å²) in [5.41, 5.74) is 3.15. The zero-order chi connectivity index (χ0) is 17.1. The Hall–Kier alpha value is -2.53. The first-order valence-electron chi connectivity index (χ1n) is 8.17. The molecule has 1 heterocycles. The Balaban J connectivity index is 1.67. The van der Waals surface area contributed by atoms with Gasteiger partial charge in [-0.3, -0.25) is 4.79 Å². The summed E-state index contributed by atoms with van der Waals surface area (Å²) in [6, 6.07) is 12.4. The van der Waals surface area contributed by atoms with E-state index in [9.17, 15) is 15.0 Å². The average molecular weight is 326 g/mol. The molecule has 1 saturated heterocycles. The summed E-state index contributed by atoms with van der Waals surface area (Å²) in [6.45, 7) is 3.50. The summed E-state index contributed by atoms with van der Waals surface area (Å²) in [4.78, 5) is 14.6.